The number of aliphatic hydroxyl groups excluding tert-OH is 1. The fourth-order valence-electron chi connectivity index (χ4n) is 3.75. The lowest BCUT2D eigenvalue weighted by atomic mass is 9.96. The molecule has 0 saturated heterocycles. The zero-order valence-electron chi connectivity index (χ0n) is 16.5. The van der Waals surface area contributed by atoms with Gasteiger partial charge in [0.25, 0.3) is 0 Å². The van der Waals surface area contributed by atoms with E-state index in [1.807, 2.05) is 37.4 Å². The summed E-state index contributed by atoms with van der Waals surface area (Å²) in [6.07, 6.45) is 1.85. The zero-order chi connectivity index (χ0) is 20.7. The van der Waals surface area contributed by atoms with Gasteiger partial charge in [0.1, 0.15) is 6.61 Å². The summed E-state index contributed by atoms with van der Waals surface area (Å²) in [6, 6.07) is 22.4. The molecule has 3 aromatic heterocycles. The summed E-state index contributed by atoms with van der Waals surface area (Å²) < 4.78 is 1.80. The largest absolute Gasteiger partial charge is 0.388 e. The monoisotopic (exact) mass is 395 g/mol. The summed E-state index contributed by atoms with van der Waals surface area (Å²) in [6.45, 7) is 1.80. The Morgan fingerprint density at radius 2 is 1.73 bits per heavy atom. The number of nitrogens with zero attached hydrogens (tertiary/aromatic N) is 4. The predicted molar refractivity (Wildman–Crippen MR) is 118 cm³/mol. The Labute approximate surface area is 173 Å². The van der Waals surface area contributed by atoms with Crippen LogP contribution in [0.25, 0.3) is 38.9 Å². The van der Waals surface area contributed by atoms with E-state index in [0.717, 1.165) is 38.9 Å². The molecule has 2 aromatic carbocycles. The van der Waals surface area contributed by atoms with Crippen LogP contribution in [0.5, 0.6) is 0 Å². The molecule has 30 heavy (non-hydrogen) atoms. The standard InChI is InChI=1S/C24H21N5O/c1-15(25)16-7-9-18(10-8-16)23-19(17-5-3-2-4-6-17)13-20-21(26-23)11-12-29-22(14-30)27-28-24(20)29/h2-13,15,30H,14,25H2,1H3/t15-/m1/s1. The minimum atomic E-state index is -0.171. The van der Waals surface area contributed by atoms with Crippen LogP contribution in [0.2, 0.25) is 0 Å². The maximum atomic E-state index is 9.54. The first-order valence-electron chi connectivity index (χ1n) is 9.85. The molecule has 148 valence electrons. The molecule has 5 rings (SSSR count). The van der Waals surface area contributed by atoms with Crippen LogP contribution in [-0.2, 0) is 6.61 Å². The molecule has 0 saturated carbocycles. The molecule has 6 heteroatoms. The molecule has 3 N–H and O–H groups in total. The van der Waals surface area contributed by atoms with Crippen molar-refractivity contribution in [2.75, 3.05) is 0 Å². The fraction of sp³-hybridized carbons (Fsp3) is 0.125. The highest BCUT2D eigenvalue weighted by atomic mass is 16.3. The van der Waals surface area contributed by atoms with Crippen molar-refractivity contribution in [3.63, 3.8) is 0 Å². The van der Waals surface area contributed by atoms with E-state index < -0.39 is 0 Å². The highest BCUT2D eigenvalue weighted by Gasteiger charge is 2.15. The summed E-state index contributed by atoms with van der Waals surface area (Å²) in [4.78, 5) is 5.01. The highest BCUT2D eigenvalue weighted by molar-refractivity contribution is 5.98. The molecule has 5 aromatic rings. The van der Waals surface area contributed by atoms with E-state index in [2.05, 4.69) is 52.7 Å². The van der Waals surface area contributed by atoms with Gasteiger partial charge in [-0.25, -0.2) is 4.98 Å². The van der Waals surface area contributed by atoms with E-state index in [1.54, 1.807) is 4.40 Å². The predicted octanol–water partition coefficient (Wildman–Crippen LogP) is 4.12. The Balaban J connectivity index is 1.79. The third-order valence-corrected chi connectivity index (χ3v) is 5.38. The molecule has 0 fully saturated rings. The van der Waals surface area contributed by atoms with E-state index >= 15 is 0 Å². The minimum absolute atomic E-state index is 0.0147. The lowest BCUT2D eigenvalue weighted by molar-refractivity contribution is 0.270. The van der Waals surface area contributed by atoms with Crippen LogP contribution in [0.15, 0.2) is 72.9 Å². The molecular weight excluding hydrogens is 374 g/mol. The van der Waals surface area contributed by atoms with Crippen LogP contribution < -0.4 is 5.73 Å². The van der Waals surface area contributed by atoms with Crippen LogP contribution >= 0.6 is 0 Å². The van der Waals surface area contributed by atoms with Gasteiger partial charge in [-0.1, -0.05) is 54.6 Å². The van der Waals surface area contributed by atoms with Crippen LogP contribution in [0.4, 0.5) is 0 Å². The molecule has 1 atom stereocenters. The van der Waals surface area contributed by atoms with Gasteiger partial charge in [0.05, 0.1) is 11.2 Å². The van der Waals surface area contributed by atoms with E-state index in [0.29, 0.717) is 11.5 Å². The Bertz CT molecular complexity index is 1340. The Morgan fingerprint density at radius 1 is 0.967 bits per heavy atom. The second-order valence-corrected chi connectivity index (χ2v) is 7.38. The van der Waals surface area contributed by atoms with Crippen LogP contribution in [0.3, 0.4) is 0 Å². The second kappa shape index (κ2) is 7.33. The van der Waals surface area contributed by atoms with Crippen LogP contribution in [0, 0.1) is 0 Å². The molecule has 0 aliphatic heterocycles. The van der Waals surface area contributed by atoms with E-state index in [9.17, 15) is 5.11 Å². The van der Waals surface area contributed by atoms with Crippen LogP contribution in [-0.4, -0.2) is 24.7 Å². The van der Waals surface area contributed by atoms with Gasteiger partial charge < -0.3 is 10.8 Å². The maximum absolute atomic E-state index is 9.54. The molecule has 0 bridgehead atoms. The van der Waals surface area contributed by atoms with Crippen molar-refractivity contribution in [3.8, 4) is 22.4 Å². The van der Waals surface area contributed by atoms with Gasteiger partial charge in [0, 0.05) is 28.8 Å². The number of nitrogens with two attached hydrogens (primary N) is 1. The summed E-state index contributed by atoms with van der Waals surface area (Å²) >= 11 is 0. The zero-order valence-corrected chi connectivity index (χ0v) is 16.5. The average molecular weight is 395 g/mol. The topological polar surface area (TPSA) is 89.3 Å². The molecule has 0 unspecified atom stereocenters. The third-order valence-electron chi connectivity index (χ3n) is 5.38. The van der Waals surface area contributed by atoms with E-state index in [4.69, 9.17) is 10.7 Å². The van der Waals surface area contributed by atoms with Crippen LogP contribution in [0.1, 0.15) is 24.4 Å². The van der Waals surface area contributed by atoms with Gasteiger partial charge in [0.15, 0.2) is 11.5 Å². The molecule has 0 spiro atoms. The van der Waals surface area contributed by atoms with E-state index in [1.165, 1.54) is 0 Å². The van der Waals surface area contributed by atoms with Gasteiger partial charge in [0.2, 0.25) is 0 Å². The van der Waals surface area contributed by atoms with Gasteiger partial charge in [-0.15, -0.1) is 10.2 Å². The molecule has 0 radical (unpaired) electrons. The van der Waals surface area contributed by atoms with Crippen molar-refractivity contribution in [2.24, 2.45) is 5.73 Å². The first-order valence-corrected chi connectivity index (χ1v) is 9.85. The first kappa shape index (κ1) is 18.4. The Hall–Kier alpha value is -3.61. The number of fused-ring (bicyclic) bond motifs is 3. The number of hydrogen-bond donors (Lipinski definition) is 2. The Morgan fingerprint density at radius 3 is 2.43 bits per heavy atom. The summed E-state index contributed by atoms with van der Waals surface area (Å²) in [5, 5.41) is 18.8. The highest BCUT2D eigenvalue weighted by Crippen LogP contribution is 2.34. The average Bonchev–Trinajstić information content (AvgIpc) is 3.22. The van der Waals surface area contributed by atoms with Crippen molar-refractivity contribution >= 4 is 16.6 Å². The lowest BCUT2D eigenvalue weighted by Crippen LogP contribution is -2.04. The number of aromatic nitrogens is 4. The molecule has 3 heterocycles. The van der Waals surface area contributed by atoms with Gasteiger partial charge in [-0.2, -0.15) is 0 Å². The second-order valence-electron chi connectivity index (χ2n) is 7.38. The number of hydrogen-bond acceptors (Lipinski definition) is 5. The number of aliphatic hydroxyl groups is 1. The molecule has 0 aliphatic carbocycles. The molecule has 0 aliphatic rings. The lowest BCUT2D eigenvalue weighted by Gasteiger charge is -2.13. The Kier molecular flexibility index (Phi) is 4.50. The molecular formula is C24H21N5O. The van der Waals surface area contributed by atoms with Gasteiger partial charge in [-0.3, -0.25) is 4.40 Å². The number of rotatable bonds is 4. The maximum Gasteiger partial charge on any atom is 0.170 e. The quantitative estimate of drug-likeness (QED) is 0.478. The third kappa shape index (κ3) is 3.03. The van der Waals surface area contributed by atoms with Crippen molar-refractivity contribution in [3.05, 3.63) is 84.3 Å². The molecule has 0 amide bonds. The number of benzene rings is 2. The number of pyridine rings is 2. The molecule has 6 nitrogen and oxygen atoms in total. The normalized spacial score (nSPS) is 12.5. The van der Waals surface area contributed by atoms with E-state index in [-0.39, 0.29) is 12.6 Å². The van der Waals surface area contributed by atoms with Crippen molar-refractivity contribution in [1.29, 1.82) is 0 Å². The van der Waals surface area contributed by atoms with Gasteiger partial charge >= 0.3 is 0 Å². The minimum Gasteiger partial charge on any atom is -0.388 e. The summed E-state index contributed by atoms with van der Waals surface area (Å²) in [7, 11) is 0. The van der Waals surface area contributed by atoms with Crippen molar-refractivity contribution in [1.82, 2.24) is 19.6 Å². The smallest absolute Gasteiger partial charge is 0.170 e. The summed E-state index contributed by atoms with van der Waals surface area (Å²) in [5.74, 6) is 0.503. The van der Waals surface area contributed by atoms with Crippen molar-refractivity contribution < 1.29 is 5.11 Å². The van der Waals surface area contributed by atoms with Gasteiger partial charge in [-0.05, 0) is 30.2 Å². The van der Waals surface area contributed by atoms with Crippen molar-refractivity contribution in [2.45, 2.75) is 19.6 Å². The first-order chi connectivity index (χ1) is 14.7. The fourth-order valence-corrected chi connectivity index (χ4v) is 3.75. The SMILES string of the molecule is C[C@@H](N)c1ccc(-c2nc3ccn4c(CO)nnc4c3cc2-c2ccccc2)cc1. The summed E-state index contributed by atoms with van der Waals surface area (Å²) in [5.41, 5.74) is 12.6.